The molecule has 2 aromatic rings. The highest BCUT2D eigenvalue weighted by Gasteiger charge is 2.53. The number of aromatic amines is 1. The molecule has 1 aliphatic rings. The lowest BCUT2D eigenvalue weighted by Gasteiger charge is -2.28. The van der Waals surface area contributed by atoms with Crippen LogP contribution >= 0.6 is 20.0 Å². The number of para-hydroxylation sites is 1. The maximum Gasteiger partial charge on any atom is 0.459 e. The maximum absolute atomic E-state index is 13.6. The van der Waals surface area contributed by atoms with E-state index in [0.717, 1.165) is 0 Å². The third kappa shape index (κ3) is 6.68. The van der Waals surface area contributed by atoms with Crippen LogP contribution in [0.2, 0.25) is 0 Å². The molecule has 1 unspecified atom stereocenters. The lowest BCUT2D eigenvalue weighted by Crippen LogP contribution is -2.45. The predicted octanol–water partition coefficient (Wildman–Crippen LogP) is 2.05. The summed E-state index contributed by atoms with van der Waals surface area (Å²) in [4.78, 5) is 26.2. The number of nitrogens with one attached hydrogen (secondary N) is 2. The summed E-state index contributed by atoms with van der Waals surface area (Å²) < 4.78 is 37.0. The number of carbonyl (C=O) groups excluding carboxylic acids is 1. The number of nitrogens with zero attached hydrogens (tertiary/aromatic N) is 1. The minimum absolute atomic E-state index is 0.0289. The van der Waals surface area contributed by atoms with Gasteiger partial charge in [0.2, 0.25) is 0 Å². The number of aromatic nitrogens is 2. The number of aliphatic hydroxyl groups excluding tert-OH is 1. The van der Waals surface area contributed by atoms with Gasteiger partial charge in [0.25, 0.3) is 5.56 Å². The van der Waals surface area contributed by atoms with Gasteiger partial charge in [-0.1, -0.05) is 18.2 Å². The van der Waals surface area contributed by atoms with E-state index in [-0.39, 0.29) is 10.5 Å². The molecule has 1 fully saturated rings. The van der Waals surface area contributed by atoms with Crippen molar-refractivity contribution >= 4 is 25.9 Å². The van der Waals surface area contributed by atoms with Crippen LogP contribution in [-0.2, 0) is 23.4 Å². The van der Waals surface area contributed by atoms with Crippen molar-refractivity contribution in [3.05, 3.63) is 57.7 Å². The zero-order chi connectivity index (χ0) is 26.7. The first kappa shape index (κ1) is 28.2. The Balaban J connectivity index is 1.80. The molecule has 1 aliphatic heterocycles. The Morgan fingerprint density at radius 1 is 1.31 bits per heavy atom. The van der Waals surface area contributed by atoms with Crippen LogP contribution in [0, 0.1) is 4.77 Å². The molecule has 0 aliphatic carbocycles. The first-order chi connectivity index (χ1) is 16.8. The number of carbonyl (C=O) groups is 1. The maximum atomic E-state index is 13.6. The normalized spacial score (nSPS) is 26.4. The van der Waals surface area contributed by atoms with Gasteiger partial charge >= 0.3 is 13.7 Å². The summed E-state index contributed by atoms with van der Waals surface area (Å²) >= 11 is 5.14. The summed E-state index contributed by atoms with van der Waals surface area (Å²) in [7, 11) is -4.22. The molecule has 0 radical (unpaired) electrons. The van der Waals surface area contributed by atoms with Gasteiger partial charge in [-0.2, -0.15) is 5.09 Å². The lowest BCUT2D eigenvalue weighted by atomic mass is 9.96. The molecule has 36 heavy (non-hydrogen) atoms. The van der Waals surface area contributed by atoms with Crippen LogP contribution in [0.15, 0.2) is 47.4 Å². The first-order valence-corrected chi connectivity index (χ1v) is 13.1. The van der Waals surface area contributed by atoms with Gasteiger partial charge in [-0.15, -0.1) is 0 Å². The van der Waals surface area contributed by atoms with Crippen LogP contribution in [0.4, 0.5) is 0 Å². The number of aliphatic hydroxyl groups is 2. The van der Waals surface area contributed by atoms with Crippen molar-refractivity contribution in [2.75, 3.05) is 6.61 Å². The number of hydrogen-bond donors (Lipinski definition) is 4. The van der Waals surface area contributed by atoms with Crippen LogP contribution in [0.25, 0.3) is 0 Å². The van der Waals surface area contributed by atoms with E-state index >= 15 is 0 Å². The topological polar surface area (TPSA) is 161 Å². The van der Waals surface area contributed by atoms with Crippen molar-refractivity contribution in [2.45, 2.75) is 63.9 Å². The molecule has 1 aromatic carbocycles. The van der Waals surface area contributed by atoms with E-state index in [0.29, 0.717) is 0 Å². The van der Waals surface area contributed by atoms with E-state index in [1.54, 1.807) is 44.2 Å². The Labute approximate surface area is 212 Å². The van der Waals surface area contributed by atoms with Crippen molar-refractivity contribution in [1.29, 1.82) is 0 Å². The van der Waals surface area contributed by atoms with E-state index in [1.165, 1.54) is 30.7 Å². The van der Waals surface area contributed by atoms with Crippen molar-refractivity contribution < 1.29 is 38.1 Å². The molecule has 3 rings (SSSR count). The molecule has 1 saturated heterocycles. The van der Waals surface area contributed by atoms with Crippen LogP contribution in [-0.4, -0.2) is 62.3 Å². The van der Waals surface area contributed by atoms with Crippen molar-refractivity contribution in [3.63, 3.8) is 0 Å². The van der Waals surface area contributed by atoms with Crippen LogP contribution in [0.5, 0.6) is 5.75 Å². The Bertz CT molecular complexity index is 1220. The zero-order valence-electron chi connectivity index (χ0n) is 20.2. The molecule has 12 nitrogen and oxygen atoms in total. The van der Waals surface area contributed by atoms with Gasteiger partial charge in [0.05, 0.1) is 12.7 Å². The molecule has 6 atom stereocenters. The lowest BCUT2D eigenvalue weighted by molar-refractivity contribution is -0.149. The summed E-state index contributed by atoms with van der Waals surface area (Å²) in [6, 6.07) is 8.29. The van der Waals surface area contributed by atoms with E-state index < -0.39 is 62.1 Å². The molecule has 4 N–H and O–H groups in total. The molecule has 0 saturated carbocycles. The number of esters is 1. The average molecular weight is 544 g/mol. The summed E-state index contributed by atoms with van der Waals surface area (Å²) in [5, 5.41) is 24.2. The summed E-state index contributed by atoms with van der Waals surface area (Å²) in [6.07, 6.45) is -2.93. The molecular formula is C22H30N3O9PS. The Morgan fingerprint density at radius 2 is 1.97 bits per heavy atom. The highest BCUT2D eigenvalue weighted by atomic mass is 32.1. The Morgan fingerprint density at radius 3 is 2.58 bits per heavy atom. The number of benzene rings is 1. The molecule has 1 aromatic heterocycles. The standard InChI is InChI=1S/C22H30N3O9PS/c1-13(2)32-19(28)14(3)24-35(30,34-15-8-6-5-7-9-15)31-12-16-18(27)22(4,29)20(33-16)25-11-10-17(26)23-21(25)36/h5-11,13-14,16,18,20,27,29H,12H2,1-4H3,(H,24,30)(H,23,26,36)/t14-,16+,18?,20+,22+,35+/m0/s1. The van der Waals surface area contributed by atoms with Crippen LogP contribution in [0.3, 0.4) is 0 Å². The van der Waals surface area contributed by atoms with E-state index in [1.807, 2.05) is 0 Å². The van der Waals surface area contributed by atoms with Gasteiger partial charge in [-0.25, -0.2) is 4.57 Å². The fourth-order valence-electron chi connectivity index (χ4n) is 3.50. The SMILES string of the molecule is CC(C)OC(=O)[C@H](C)N[P@@](=O)(OC[C@H]1O[C@@H](n2ccc(=O)[nH]c2=S)[C@](C)(O)C1O)Oc1ccccc1. The van der Waals surface area contributed by atoms with E-state index in [4.69, 9.17) is 30.7 Å². The first-order valence-electron chi connectivity index (χ1n) is 11.2. The summed E-state index contributed by atoms with van der Waals surface area (Å²) in [5.41, 5.74) is -2.29. The van der Waals surface area contributed by atoms with Gasteiger partial charge in [0, 0.05) is 12.3 Å². The Hall–Kier alpha value is -2.38. The second-order valence-electron chi connectivity index (χ2n) is 8.75. The van der Waals surface area contributed by atoms with Gasteiger partial charge in [0.15, 0.2) is 11.0 Å². The zero-order valence-corrected chi connectivity index (χ0v) is 21.9. The van der Waals surface area contributed by atoms with E-state index in [2.05, 4.69) is 10.1 Å². The van der Waals surface area contributed by atoms with E-state index in [9.17, 15) is 24.4 Å². The highest BCUT2D eigenvalue weighted by molar-refractivity contribution is 7.71. The van der Waals surface area contributed by atoms with Crippen molar-refractivity contribution in [1.82, 2.24) is 14.6 Å². The second-order valence-corrected chi connectivity index (χ2v) is 10.8. The monoisotopic (exact) mass is 543 g/mol. The van der Waals surface area contributed by atoms with Gasteiger partial charge in [0.1, 0.15) is 29.6 Å². The van der Waals surface area contributed by atoms with Gasteiger partial charge < -0.3 is 24.2 Å². The van der Waals surface area contributed by atoms with Crippen molar-refractivity contribution in [2.24, 2.45) is 0 Å². The van der Waals surface area contributed by atoms with Gasteiger partial charge in [-0.3, -0.25) is 23.7 Å². The average Bonchev–Trinajstić information content (AvgIpc) is 3.01. The molecular weight excluding hydrogens is 513 g/mol. The van der Waals surface area contributed by atoms with Gasteiger partial charge in [-0.05, 0) is 52.0 Å². The quantitative estimate of drug-likeness (QED) is 0.197. The smallest absolute Gasteiger partial charge is 0.459 e. The third-order valence-corrected chi connectivity index (χ3v) is 7.25. The summed E-state index contributed by atoms with van der Waals surface area (Å²) in [6.45, 7) is 5.63. The number of ether oxygens (including phenoxy) is 2. The third-order valence-electron chi connectivity index (χ3n) is 5.29. The number of H-pyrrole nitrogens is 1. The molecule has 0 spiro atoms. The Kier molecular flexibility index (Phi) is 8.88. The largest absolute Gasteiger partial charge is 0.462 e. The fraction of sp³-hybridized carbons (Fsp3) is 0.500. The van der Waals surface area contributed by atoms with Crippen LogP contribution in [0.1, 0.15) is 33.9 Å². The molecule has 0 amide bonds. The molecule has 0 bridgehead atoms. The fourth-order valence-corrected chi connectivity index (χ4v) is 5.25. The molecule has 14 heteroatoms. The highest BCUT2D eigenvalue weighted by Crippen LogP contribution is 2.47. The number of hydrogen-bond acceptors (Lipinski definition) is 10. The second kappa shape index (κ2) is 11.3. The molecule has 198 valence electrons. The predicted molar refractivity (Wildman–Crippen MR) is 131 cm³/mol. The van der Waals surface area contributed by atoms with Crippen LogP contribution < -0.4 is 15.2 Å². The minimum atomic E-state index is -4.22. The number of rotatable bonds is 10. The van der Waals surface area contributed by atoms with Crippen molar-refractivity contribution in [3.8, 4) is 5.75 Å². The minimum Gasteiger partial charge on any atom is -0.462 e. The molecule has 2 heterocycles. The summed E-state index contributed by atoms with van der Waals surface area (Å²) in [5.74, 6) is -0.465.